The molecule has 2 nitrogen and oxygen atoms in total. The fraction of sp³-hybridized carbons (Fsp3) is 0.150. The number of amides is 1. The van der Waals surface area contributed by atoms with E-state index in [2.05, 4.69) is 29.6 Å². The van der Waals surface area contributed by atoms with E-state index in [0.717, 1.165) is 27.3 Å². The number of rotatable bonds is 3. The minimum atomic E-state index is -0.274. The predicted octanol–water partition coefficient (Wildman–Crippen LogP) is 5.75. The molecule has 1 N–H and O–H groups in total. The van der Waals surface area contributed by atoms with E-state index < -0.39 is 0 Å². The summed E-state index contributed by atoms with van der Waals surface area (Å²) in [6.45, 7) is 0. The number of hydrogen-bond donors (Lipinski definition) is 1. The molecule has 1 aliphatic rings. The number of thiophene rings is 1. The second-order valence-electron chi connectivity index (χ2n) is 5.98. The summed E-state index contributed by atoms with van der Waals surface area (Å²) >= 11 is 3.33. The van der Waals surface area contributed by atoms with Crippen LogP contribution < -0.4 is 5.32 Å². The van der Waals surface area contributed by atoms with E-state index in [-0.39, 0.29) is 17.6 Å². The molecule has 0 bridgehead atoms. The van der Waals surface area contributed by atoms with Crippen LogP contribution in [0, 0.1) is 5.82 Å². The quantitative estimate of drug-likeness (QED) is 0.596. The average Bonchev–Trinajstić information content (AvgIpc) is 3.05. The maximum absolute atomic E-state index is 13.6. The molecule has 0 aliphatic carbocycles. The molecule has 1 atom stereocenters. The molecule has 5 heteroatoms. The highest BCUT2D eigenvalue weighted by Gasteiger charge is 2.30. The van der Waals surface area contributed by atoms with Gasteiger partial charge < -0.3 is 5.32 Å². The van der Waals surface area contributed by atoms with Crippen LogP contribution in [-0.2, 0) is 4.79 Å². The Morgan fingerprint density at radius 3 is 2.72 bits per heavy atom. The summed E-state index contributed by atoms with van der Waals surface area (Å²) in [7, 11) is 0. The third-order valence-electron chi connectivity index (χ3n) is 4.44. The Hall–Kier alpha value is -2.11. The highest BCUT2D eigenvalue weighted by molar-refractivity contribution is 7.98. The Kier molecular flexibility index (Phi) is 4.36. The van der Waals surface area contributed by atoms with Crippen LogP contribution in [0.1, 0.15) is 22.8 Å². The highest BCUT2D eigenvalue weighted by Crippen LogP contribution is 2.46. The number of thioether (sulfide) groups is 1. The zero-order valence-corrected chi connectivity index (χ0v) is 15.2. The largest absolute Gasteiger partial charge is 0.325 e. The number of fused-ring (bicyclic) bond motifs is 1. The van der Waals surface area contributed by atoms with E-state index in [0.29, 0.717) is 6.42 Å². The molecule has 0 radical (unpaired) electrons. The van der Waals surface area contributed by atoms with Gasteiger partial charge in [-0.2, -0.15) is 0 Å². The van der Waals surface area contributed by atoms with Crippen LogP contribution in [-0.4, -0.2) is 12.2 Å². The van der Waals surface area contributed by atoms with Gasteiger partial charge >= 0.3 is 0 Å². The molecule has 1 amide bonds. The Labute approximate surface area is 154 Å². The third-order valence-corrected chi connectivity index (χ3v) is 6.28. The average molecular weight is 369 g/mol. The zero-order valence-electron chi connectivity index (χ0n) is 13.6. The molecule has 25 heavy (non-hydrogen) atoms. The van der Waals surface area contributed by atoms with Crippen molar-refractivity contribution >= 4 is 34.7 Å². The minimum Gasteiger partial charge on any atom is -0.325 e. The van der Waals surface area contributed by atoms with Gasteiger partial charge in [0, 0.05) is 33.1 Å². The molecule has 0 fully saturated rings. The number of anilines is 1. The molecular weight excluding hydrogens is 353 g/mol. The molecule has 126 valence electrons. The molecule has 4 rings (SSSR count). The summed E-state index contributed by atoms with van der Waals surface area (Å²) in [5.41, 5.74) is 3.64. The van der Waals surface area contributed by atoms with Crippen molar-refractivity contribution in [3.05, 3.63) is 70.2 Å². The summed E-state index contributed by atoms with van der Waals surface area (Å²) in [6.07, 6.45) is 2.49. The fourth-order valence-corrected chi connectivity index (χ4v) is 4.77. The van der Waals surface area contributed by atoms with Crippen LogP contribution in [0.5, 0.6) is 0 Å². The van der Waals surface area contributed by atoms with E-state index in [1.54, 1.807) is 29.2 Å². The second kappa shape index (κ2) is 6.65. The first kappa shape index (κ1) is 16.4. The van der Waals surface area contributed by atoms with Crippen molar-refractivity contribution in [3.63, 3.8) is 0 Å². The van der Waals surface area contributed by atoms with Gasteiger partial charge in [-0.25, -0.2) is 4.39 Å². The Balaban J connectivity index is 1.78. The molecule has 0 saturated carbocycles. The molecular formula is C20H16FNOS2. The third kappa shape index (κ3) is 3.10. The van der Waals surface area contributed by atoms with E-state index in [4.69, 9.17) is 0 Å². The van der Waals surface area contributed by atoms with Crippen LogP contribution in [0.2, 0.25) is 0 Å². The monoisotopic (exact) mass is 369 g/mol. The number of benzene rings is 2. The maximum Gasteiger partial charge on any atom is 0.225 e. The Morgan fingerprint density at radius 2 is 2.00 bits per heavy atom. The van der Waals surface area contributed by atoms with Crippen molar-refractivity contribution in [1.82, 2.24) is 0 Å². The zero-order chi connectivity index (χ0) is 17.4. The van der Waals surface area contributed by atoms with E-state index in [1.807, 2.05) is 17.7 Å². The summed E-state index contributed by atoms with van der Waals surface area (Å²) < 4.78 is 13.6. The molecule has 0 unspecified atom stereocenters. The van der Waals surface area contributed by atoms with Crippen molar-refractivity contribution < 1.29 is 9.18 Å². The van der Waals surface area contributed by atoms with Crippen LogP contribution in [0.25, 0.3) is 11.1 Å². The first-order chi connectivity index (χ1) is 12.2. The lowest BCUT2D eigenvalue weighted by Gasteiger charge is -2.24. The van der Waals surface area contributed by atoms with Crippen molar-refractivity contribution in [2.75, 3.05) is 11.6 Å². The van der Waals surface area contributed by atoms with Gasteiger partial charge in [0.1, 0.15) is 5.82 Å². The number of nitrogens with one attached hydrogen (secondary N) is 1. The standard InChI is InChI=1S/C20H16FNOS2/c1-24-15-7-5-12(6-8-15)16-10-18(23)22-19-17(11-25-20(16)19)13-3-2-4-14(21)9-13/h2-9,11,16H,10H2,1H3,(H,22,23)/t16-/m0/s1. The molecule has 1 aliphatic heterocycles. The van der Waals surface area contributed by atoms with Gasteiger partial charge in [0.05, 0.1) is 5.69 Å². The molecule has 2 aromatic carbocycles. The Morgan fingerprint density at radius 1 is 1.20 bits per heavy atom. The van der Waals surface area contributed by atoms with Crippen molar-refractivity contribution in [1.29, 1.82) is 0 Å². The van der Waals surface area contributed by atoms with Gasteiger partial charge in [-0.15, -0.1) is 23.1 Å². The summed E-state index contributed by atoms with van der Waals surface area (Å²) in [6, 6.07) is 14.9. The summed E-state index contributed by atoms with van der Waals surface area (Å²) in [4.78, 5) is 14.6. The first-order valence-electron chi connectivity index (χ1n) is 7.97. The van der Waals surface area contributed by atoms with Gasteiger partial charge in [0.2, 0.25) is 5.91 Å². The lowest BCUT2D eigenvalue weighted by molar-refractivity contribution is -0.116. The topological polar surface area (TPSA) is 29.1 Å². The fourth-order valence-electron chi connectivity index (χ4n) is 3.20. The van der Waals surface area contributed by atoms with Crippen LogP contribution in [0.15, 0.2) is 58.8 Å². The second-order valence-corrected chi connectivity index (χ2v) is 7.77. The van der Waals surface area contributed by atoms with E-state index in [1.165, 1.54) is 17.0 Å². The van der Waals surface area contributed by atoms with Crippen molar-refractivity contribution in [2.45, 2.75) is 17.2 Å². The van der Waals surface area contributed by atoms with Gasteiger partial charge in [0.15, 0.2) is 0 Å². The molecule has 0 saturated heterocycles. The molecule has 3 aromatic rings. The predicted molar refractivity (Wildman–Crippen MR) is 103 cm³/mol. The lowest BCUT2D eigenvalue weighted by Crippen LogP contribution is -2.22. The van der Waals surface area contributed by atoms with Crippen LogP contribution in [0.4, 0.5) is 10.1 Å². The molecule has 0 spiro atoms. The first-order valence-corrected chi connectivity index (χ1v) is 10.1. The van der Waals surface area contributed by atoms with Crippen molar-refractivity contribution in [2.24, 2.45) is 0 Å². The van der Waals surface area contributed by atoms with Gasteiger partial charge in [-0.05, 0) is 41.6 Å². The van der Waals surface area contributed by atoms with Crippen LogP contribution >= 0.6 is 23.1 Å². The number of hydrogen-bond acceptors (Lipinski definition) is 3. The van der Waals surface area contributed by atoms with Crippen LogP contribution in [0.3, 0.4) is 0 Å². The van der Waals surface area contributed by atoms with Gasteiger partial charge in [-0.3, -0.25) is 4.79 Å². The van der Waals surface area contributed by atoms with E-state index in [9.17, 15) is 9.18 Å². The summed E-state index contributed by atoms with van der Waals surface area (Å²) in [5.74, 6) is -0.224. The number of carbonyl (C=O) groups excluding carboxylic acids is 1. The smallest absolute Gasteiger partial charge is 0.225 e. The number of halogens is 1. The van der Waals surface area contributed by atoms with Gasteiger partial charge in [0.25, 0.3) is 0 Å². The lowest BCUT2D eigenvalue weighted by atomic mass is 9.89. The molecule has 2 heterocycles. The van der Waals surface area contributed by atoms with E-state index >= 15 is 0 Å². The highest BCUT2D eigenvalue weighted by atomic mass is 32.2. The SMILES string of the molecule is CSc1ccc([C@@H]2CC(=O)Nc3c(-c4cccc(F)c4)csc32)cc1. The molecule has 1 aromatic heterocycles. The number of carbonyl (C=O) groups is 1. The summed E-state index contributed by atoms with van der Waals surface area (Å²) in [5, 5.41) is 5.00. The van der Waals surface area contributed by atoms with Gasteiger partial charge in [-0.1, -0.05) is 24.3 Å². The Bertz CT molecular complexity index is 933. The maximum atomic E-state index is 13.6. The normalized spacial score (nSPS) is 16.4. The van der Waals surface area contributed by atoms with Crippen molar-refractivity contribution in [3.8, 4) is 11.1 Å². The minimum absolute atomic E-state index is 0.00231.